The van der Waals surface area contributed by atoms with Crippen LogP contribution in [0.2, 0.25) is 0 Å². The molecule has 0 aromatic carbocycles. The zero-order valence-electron chi connectivity index (χ0n) is 10.2. The Morgan fingerprint density at radius 1 is 0.857 bits per heavy atom. The van der Waals surface area contributed by atoms with E-state index in [0.717, 1.165) is 32.7 Å². The van der Waals surface area contributed by atoms with Crippen molar-refractivity contribution in [2.75, 3.05) is 32.7 Å². The van der Waals surface area contributed by atoms with Gasteiger partial charge in [0.2, 0.25) is 0 Å². The molecule has 0 amide bonds. The van der Waals surface area contributed by atoms with Crippen molar-refractivity contribution in [3.8, 4) is 0 Å². The first-order chi connectivity index (χ1) is 6.70. The predicted octanol–water partition coefficient (Wildman–Crippen LogP) is 0.820. The molecular weight excluding hydrogens is 174 g/mol. The second-order valence-electron chi connectivity index (χ2n) is 4.04. The molecule has 0 unspecified atom stereocenters. The molecule has 86 valence electrons. The van der Waals surface area contributed by atoms with Crippen LogP contribution in [0.1, 0.15) is 27.7 Å². The van der Waals surface area contributed by atoms with Gasteiger partial charge >= 0.3 is 0 Å². The van der Waals surface area contributed by atoms with Gasteiger partial charge in [0.05, 0.1) is 0 Å². The topological polar surface area (TPSA) is 36.1 Å². The smallest absolute Gasteiger partial charge is 0.00105 e. The van der Waals surface area contributed by atoms with Crippen molar-refractivity contribution in [2.45, 2.75) is 33.7 Å². The second-order valence-corrected chi connectivity index (χ2v) is 4.04. The fraction of sp³-hybridized carbons (Fsp3) is 1.00. The molecule has 0 spiro atoms. The van der Waals surface area contributed by atoms with Crippen LogP contribution in [0, 0.1) is 5.92 Å². The molecular formula is C11H27N3. The minimum Gasteiger partial charge on any atom is -0.317 e. The number of hydrogen-bond acceptors (Lipinski definition) is 3. The van der Waals surface area contributed by atoms with Gasteiger partial charge in [0.15, 0.2) is 0 Å². The summed E-state index contributed by atoms with van der Waals surface area (Å²) in [5.74, 6) is 0.692. The minimum atomic E-state index is 0.584. The maximum Gasteiger partial charge on any atom is 0.00105 e. The van der Waals surface area contributed by atoms with Crippen molar-refractivity contribution in [3.05, 3.63) is 0 Å². The Hall–Kier alpha value is -0.120. The largest absolute Gasteiger partial charge is 0.317 e. The average Bonchev–Trinajstić information content (AvgIpc) is 2.16. The first kappa shape index (κ1) is 13.9. The molecule has 0 atom stereocenters. The van der Waals surface area contributed by atoms with Gasteiger partial charge in [0.25, 0.3) is 0 Å². The van der Waals surface area contributed by atoms with Crippen LogP contribution >= 0.6 is 0 Å². The fourth-order valence-corrected chi connectivity index (χ4v) is 1.32. The van der Waals surface area contributed by atoms with Crippen molar-refractivity contribution in [3.63, 3.8) is 0 Å². The van der Waals surface area contributed by atoms with Gasteiger partial charge in [0, 0.05) is 25.7 Å². The fourth-order valence-electron chi connectivity index (χ4n) is 1.32. The highest BCUT2D eigenvalue weighted by atomic mass is 14.9. The zero-order chi connectivity index (χ0) is 10.8. The molecule has 0 saturated carbocycles. The van der Waals surface area contributed by atoms with Gasteiger partial charge in [-0.05, 0) is 19.0 Å². The van der Waals surface area contributed by atoms with Crippen molar-refractivity contribution in [2.24, 2.45) is 5.92 Å². The Kier molecular flexibility index (Phi) is 9.35. The van der Waals surface area contributed by atoms with Crippen LogP contribution in [0.3, 0.4) is 0 Å². The molecule has 0 radical (unpaired) electrons. The van der Waals surface area contributed by atoms with E-state index >= 15 is 0 Å². The first-order valence-corrected chi connectivity index (χ1v) is 5.85. The van der Waals surface area contributed by atoms with Crippen LogP contribution in [0.4, 0.5) is 0 Å². The molecule has 0 fully saturated rings. The third-order valence-electron chi connectivity index (χ3n) is 2.18. The van der Waals surface area contributed by atoms with E-state index in [9.17, 15) is 0 Å². The Morgan fingerprint density at radius 3 is 1.71 bits per heavy atom. The van der Waals surface area contributed by atoms with Gasteiger partial charge < -0.3 is 16.0 Å². The lowest BCUT2D eigenvalue weighted by atomic mass is 10.1. The third-order valence-corrected chi connectivity index (χ3v) is 2.18. The van der Waals surface area contributed by atoms with Crippen LogP contribution in [0.5, 0.6) is 0 Å². The molecule has 0 aliphatic rings. The van der Waals surface area contributed by atoms with Gasteiger partial charge in [-0.25, -0.2) is 0 Å². The van der Waals surface area contributed by atoms with Crippen LogP contribution in [0.15, 0.2) is 0 Å². The Labute approximate surface area is 89.0 Å². The summed E-state index contributed by atoms with van der Waals surface area (Å²) in [6.45, 7) is 14.1. The highest BCUT2D eigenvalue weighted by Gasteiger charge is 2.07. The van der Waals surface area contributed by atoms with E-state index in [1.807, 2.05) is 0 Å². The van der Waals surface area contributed by atoms with E-state index in [1.54, 1.807) is 0 Å². The van der Waals surface area contributed by atoms with Crippen LogP contribution < -0.4 is 16.0 Å². The molecule has 3 N–H and O–H groups in total. The summed E-state index contributed by atoms with van der Waals surface area (Å²) < 4.78 is 0. The average molecular weight is 201 g/mol. The van der Waals surface area contributed by atoms with E-state index in [4.69, 9.17) is 0 Å². The molecule has 0 aliphatic heterocycles. The molecule has 0 aliphatic carbocycles. The lowest BCUT2D eigenvalue weighted by Crippen LogP contribution is -2.39. The van der Waals surface area contributed by atoms with E-state index in [2.05, 4.69) is 43.6 Å². The zero-order valence-corrected chi connectivity index (χ0v) is 10.2. The van der Waals surface area contributed by atoms with Gasteiger partial charge in [-0.2, -0.15) is 0 Å². The summed E-state index contributed by atoms with van der Waals surface area (Å²) in [7, 11) is 0. The summed E-state index contributed by atoms with van der Waals surface area (Å²) >= 11 is 0. The Morgan fingerprint density at radius 2 is 1.36 bits per heavy atom. The summed E-state index contributed by atoms with van der Waals surface area (Å²) in [5.41, 5.74) is 0. The first-order valence-electron chi connectivity index (χ1n) is 5.85. The maximum atomic E-state index is 3.48. The Balaban J connectivity index is 3.60. The van der Waals surface area contributed by atoms with Crippen molar-refractivity contribution in [1.29, 1.82) is 0 Å². The molecule has 3 nitrogen and oxygen atoms in total. The normalized spacial score (nSPS) is 11.6. The van der Waals surface area contributed by atoms with E-state index < -0.39 is 0 Å². The predicted molar refractivity (Wildman–Crippen MR) is 63.7 cm³/mol. The van der Waals surface area contributed by atoms with Crippen LogP contribution in [-0.2, 0) is 0 Å². The molecule has 0 saturated heterocycles. The van der Waals surface area contributed by atoms with Crippen LogP contribution in [0.25, 0.3) is 0 Å². The number of nitrogens with one attached hydrogen (secondary N) is 3. The lowest BCUT2D eigenvalue weighted by molar-refractivity contribution is 0.408. The van der Waals surface area contributed by atoms with Crippen molar-refractivity contribution in [1.82, 2.24) is 16.0 Å². The molecule has 0 rings (SSSR count). The molecule has 0 heterocycles. The van der Waals surface area contributed by atoms with Crippen molar-refractivity contribution >= 4 is 0 Å². The quantitative estimate of drug-likeness (QED) is 0.517. The summed E-state index contributed by atoms with van der Waals surface area (Å²) in [5, 5.41) is 10.3. The van der Waals surface area contributed by atoms with Crippen molar-refractivity contribution < 1.29 is 0 Å². The highest BCUT2D eigenvalue weighted by molar-refractivity contribution is 4.68. The standard InChI is InChI=1S/C11H27N3/c1-5-12-7-11(8-13-6-2)9-14-10(3)4/h10-14H,5-9H2,1-4H3. The van der Waals surface area contributed by atoms with Gasteiger partial charge in [-0.1, -0.05) is 27.7 Å². The molecule has 3 heteroatoms. The SMILES string of the molecule is CCNCC(CNCC)CNC(C)C. The number of rotatable bonds is 9. The second kappa shape index (κ2) is 9.44. The van der Waals surface area contributed by atoms with E-state index in [1.165, 1.54) is 0 Å². The minimum absolute atomic E-state index is 0.584. The van der Waals surface area contributed by atoms with Gasteiger partial charge in [0.1, 0.15) is 0 Å². The summed E-state index contributed by atoms with van der Waals surface area (Å²) in [4.78, 5) is 0. The summed E-state index contributed by atoms with van der Waals surface area (Å²) in [6, 6.07) is 0.584. The monoisotopic (exact) mass is 201 g/mol. The molecule has 0 aromatic rings. The van der Waals surface area contributed by atoms with Gasteiger partial charge in [-0.15, -0.1) is 0 Å². The summed E-state index contributed by atoms with van der Waals surface area (Å²) in [6.07, 6.45) is 0. The maximum absolute atomic E-state index is 3.48. The molecule has 0 bridgehead atoms. The van der Waals surface area contributed by atoms with E-state index in [-0.39, 0.29) is 0 Å². The molecule has 0 aromatic heterocycles. The van der Waals surface area contributed by atoms with Gasteiger partial charge in [-0.3, -0.25) is 0 Å². The highest BCUT2D eigenvalue weighted by Crippen LogP contribution is 1.92. The lowest BCUT2D eigenvalue weighted by Gasteiger charge is -2.19. The Bertz CT molecular complexity index is 107. The van der Waals surface area contributed by atoms with E-state index in [0.29, 0.717) is 12.0 Å². The molecule has 14 heavy (non-hydrogen) atoms. The number of hydrogen-bond donors (Lipinski definition) is 3. The van der Waals surface area contributed by atoms with Crippen LogP contribution in [-0.4, -0.2) is 38.8 Å². The third kappa shape index (κ3) is 8.48.